The number of halogens is 1. The van der Waals surface area contributed by atoms with E-state index in [0.29, 0.717) is 11.3 Å². The van der Waals surface area contributed by atoms with Gasteiger partial charge in [0, 0.05) is 10.7 Å². The Bertz CT molecular complexity index is 714. The van der Waals surface area contributed by atoms with Gasteiger partial charge in [-0.3, -0.25) is 9.71 Å². The van der Waals surface area contributed by atoms with Crippen molar-refractivity contribution in [3.63, 3.8) is 0 Å². The molecule has 0 aliphatic heterocycles. The SMILES string of the molecule is Cc1ccncc1NS(=O)(=O)c1cc(Br)ccc1C. The maximum Gasteiger partial charge on any atom is 0.262 e. The van der Waals surface area contributed by atoms with Crippen molar-refractivity contribution in [2.45, 2.75) is 18.7 Å². The zero-order valence-electron chi connectivity index (χ0n) is 10.5. The lowest BCUT2D eigenvalue weighted by atomic mass is 10.2. The van der Waals surface area contributed by atoms with Crippen LogP contribution in [0.15, 0.2) is 46.0 Å². The van der Waals surface area contributed by atoms with Crippen LogP contribution >= 0.6 is 15.9 Å². The summed E-state index contributed by atoms with van der Waals surface area (Å²) in [5, 5.41) is 0. The highest BCUT2D eigenvalue weighted by molar-refractivity contribution is 9.10. The van der Waals surface area contributed by atoms with Gasteiger partial charge in [0.2, 0.25) is 0 Å². The molecule has 2 rings (SSSR count). The third kappa shape index (κ3) is 3.13. The van der Waals surface area contributed by atoms with Crippen LogP contribution in [0, 0.1) is 13.8 Å². The van der Waals surface area contributed by atoms with Crippen LogP contribution in [0.2, 0.25) is 0 Å². The molecule has 1 heterocycles. The Morgan fingerprint density at radius 2 is 1.89 bits per heavy atom. The van der Waals surface area contributed by atoms with Crippen molar-refractivity contribution in [3.05, 3.63) is 52.3 Å². The van der Waals surface area contributed by atoms with Crippen LogP contribution in [0.5, 0.6) is 0 Å². The van der Waals surface area contributed by atoms with Crippen molar-refractivity contribution >= 4 is 31.6 Å². The molecule has 0 saturated carbocycles. The first-order chi connectivity index (χ1) is 8.90. The van der Waals surface area contributed by atoms with E-state index in [1.165, 1.54) is 6.20 Å². The topological polar surface area (TPSA) is 59.1 Å². The van der Waals surface area contributed by atoms with Crippen LogP contribution in [0.3, 0.4) is 0 Å². The lowest BCUT2D eigenvalue weighted by molar-refractivity contribution is 0.600. The van der Waals surface area contributed by atoms with Crippen molar-refractivity contribution in [2.75, 3.05) is 4.72 Å². The van der Waals surface area contributed by atoms with Crippen molar-refractivity contribution < 1.29 is 8.42 Å². The van der Waals surface area contributed by atoms with Gasteiger partial charge in [-0.05, 0) is 43.2 Å². The molecular formula is C13H13BrN2O2S. The molecule has 2 aromatic rings. The molecule has 4 nitrogen and oxygen atoms in total. The third-order valence-corrected chi connectivity index (χ3v) is 4.72. The van der Waals surface area contributed by atoms with Crippen molar-refractivity contribution in [2.24, 2.45) is 0 Å². The second-order valence-corrected chi connectivity index (χ2v) is 6.77. The molecule has 19 heavy (non-hydrogen) atoms. The van der Waals surface area contributed by atoms with E-state index in [9.17, 15) is 8.42 Å². The van der Waals surface area contributed by atoms with Crippen LogP contribution in [0.1, 0.15) is 11.1 Å². The van der Waals surface area contributed by atoms with E-state index in [1.54, 1.807) is 31.3 Å². The van der Waals surface area contributed by atoms with Gasteiger partial charge >= 0.3 is 0 Å². The van der Waals surface area contributed by atoms with Gasteiger partial charge in [0.1, 0.15) is 0 Å². The molecule has 0 aliphatic rings. The molecule has 0 bridgehead atoms. The summed E-state index contributed by atoms with van der Waals surface area (Å²) in [5.74, 6) is 0. The van der Waals surface area contributed by atoms with Gasteiger partial charge < -0.3 is 0 Å². The highest BCUT2D eigenvalue weighted by Gasteiger charge is 2.18. The van der Waals surface area contributed by atoms with Gasteiger partial charge in [0.05, 0.1) is 16.8 Å². The molecule has 0 unspecified atom stereocenters. The van der Waals surface area contributed by atoms with Gasteiger partial charge in [0.15, 0.2) is 0 Å². The number of hydrogen-bond acceptors (Lipinski definition) is 3. The number of nitrogens with one attached hydrogen (secondary N) is 1. The summed E-state index contributed by atoms with van der Waals surface area (Å²) in [6.45, 7) is 3.59. The first-order valence-electron chi connectivity index (χ1n) is 5.60. The zero-order valence-corrected chi connectivity index (χ0v) is 12.9. The Labute approximate surface area is 121 Å². The standard InChI is InChI=1S/C13H13BrN2O2S/c1-9-5-6-15-8-12(9)16-19(17,18)13-7-11(14)4-3-10(13)2/h3-8,16H,1-2H3. The van der Waals surface area contributed by atoms with E-state index in [1.807, 2.05) is 13.0 Å². The Morgan fingerprint density at radius 1 is 1.16 bits per heavy atom. The second kappa shape index (κ2) is 5.30. The van der Waals surface area contributed by atoms with Gasteiger partial charge in [0.25, 0.3) is 10.0 Å². The van der Waals surface area contributed by atoms with E-state index in [4.69, 9.17) is 0 Å². The molecule has 0 amide bonds. The van der Waals surface area contributed by atoms with E-state index in [0.717, 1.165) is 10.0 Å². The van der Waals surface area contributed by atoms with Crippen molar-refractivity contribution in [1.82, 2.24) is 4.98 Å². The molecule has 0 fully saturated rings. The number of sulfonamides is 1. The van der Waals surface area contributed by atoms with Gasteiger partial charge in [-0.25, -0.2) is 8.42 Å². The summed E-state index contributed by atoms with van der Waals surface area (Å²) >= 11 is 3.28. The predicted molar refractivity (Wildman–Crippen MR) is 78.7 cm³/mol. The fourth-order valence-corrected chi connectivity index (χ4v) is 3.53. The van der Waals surface area contributed by atoms with Crippen LogP contribution in [0.25, 0.3) is 0 Å². The van der Waals surface area contributed by atoms with Crippen LogP contribution in [0.4, 0.5) is 5.69 Å². The average Bonchev–Trinajstić information content (AvgIpc) is 2.35. The Balaban J connectivity index is 2.44. The molecule has 0 spiro atoms. The van der Waals surface area contributed by atoms with Crippen LogP contribution in [-0.4, -0.2) is 13.4 Å². The lowest BCUT2D eigenvalue weighted by Crippen LogP contribution is -2.15. The third-order valence-electron chi connectivity index (χ3n) is 2.72. The molecule has 100 valence electrons. The summed E-state index contributed by atoms with van der Waals surface area (Å²) in [4.78, 5) is 4.18. The molecule has 0 saturated heterocycles. The number of nitrogens with zero attached hydrogens (tertiary/aromatic N) is 1. The summed E-state index contributed by atoms with van der Waals surface area (Å²) in [5.41, 5.74) is 2.00. The Morgan fingerprint density at radius 3 is 2.58 bits per heavy atom. The van der Waals surface area contributed by atoms with Gasteiger partial charge in [-0.1, -0.05) is 22.0 Å². The number of rotatable bonds is 3. The van der Waals surface area contributed by atoms with Crippen LogP contribution < -0.4 is 4.72 Å². The number of aryl methyl sites for hydroxylation is 2. The molecule has 1 aromatic heterocycles. The van der Waals surface area contributed by atoms with E-state index in [-0.39, 0.29) is 4.90 Å². The predicted octanol–water partition coefficient (Wildman–Crippen LogP) is 3.26. The number of anilines is 1. The number of hydrogen-bond donors (Lipinski definition) is 1. The van der Waals surface area contributed by atoms with Crippen LogP contribution in [-0.2, 0) is 10.0 Å². The minimum atomic E-state index is -3.61. The summed E-state index contributed by atoms with van der Waals surface area (Å²) in [7, 11) is -3.61. The highest BCUT2D eigenvalue weighted by Crippen LogP contribution is 2.23. The largest absolute Gasteiger partial charge is 0.278 e. The quantitative estimate of drug-likeness (QED) is 0.932. The fourth-order valence-electron chi connectivity index (χ4n) is 1.63. The van der Waals surface area contributed by atoms with E-state index >= 15 is 0 Å². The maximum atomic E-state index is 12.4. The van der Waals surface area contributed by atoms with Gasteiger partial charge in [-0.15, -0.1) is 0 Å². The summed E-state index contributed by atoms with van der Waals surface area (Å²) < 4.78 is 28.0. The molecule has 0 atom stereocenters. The first kappa shape index (κ1) is 14.0. The fraction of sp³-hybridized carbons (Fsp3) is 0.154. The lowest BCUT2D eigenvalue weighted by Gasteiger charge is -2.12. The maximum absolute atomic E-state index is 12.4. The number of aromatic nitrogens is 1. The number of benzene rings is 1. The average molecular weight is 341 g/mol. The molecule has 6 heteroatoms. The molecule has 0 radical (unpaired) electrons. The van der Waals surface area contributed by atoms with Gasteiger partial charge in [-0.2, -0.15) is 0 Å². The van der Waals surface area contributed by atoms with E-state index < -0.39 is 10.0 Å². The zero-order chi connectivity index (χ0) is 14.0. The Kier molecular flexibility index (Phi) is 3.91. The number of pyridine rings is 1. The minimum Gasteiger partial charge on any atom is -0.278 e. The smallest absolute Gasteiger partial charge is 0.262 e. The summed E-state index contributed by atoms with van der Waals surface area (Å²) in [6.07, 6.45) is 3.12. The monoisotopic (exact) mass is 340 g/mol. The molecular weight excluding hydrogens is 328 g/mol. The molecule has 0 aliphatic carbocycles. The van der Waals surface area contributed by atoms with Crippen molar-refractivity contribution in [1.29, 1.82) is 0 Å². The highest BCUT2D eigenvalue weighted by atomic mass is 79.9. The minimum absolute atomic E-state index is 0.255. The Hall–Kier alpha value is -1.40. The second-order valence-electron chi connectivity index (χ2n) is 4.21. The molecule has 1 aromatic carbocycles. The first-order valence-corrected chi connectivity index (χ1v) is 7.87. The normalized spacial score (nSPS) is 11.3. The summed E-state index contributed by atoms with van der Waals surface area (Å²) in [6, 6.07) is 6.91. The van der Waals surface area contributed by atoms with E-state index in [2.05, 4.69) is 25.6 Å². The molecule has 1 N–H and O–H groups in total. The van der Waals surface area contributed by atoms with Crippen molar-refractivity contribution in [3.8, 4) is 0 Å².